The number of fused-ring (bicyclic) bond motifs is 1. The predicted molar refractivity (Wildman–Crippen MR) is 164 cm³/mol. The van der Waals surface area contributed by atoms with Gasteiger partial charge in [0.25, 0.3) is 0 Å². The molecule has 2 aromatic carbocycles. The molecule has 4 rings (SSSR count). The number of carbonyl (C=O) groups is 1. The summed E-state index contributed by atoms with van der Waals surface area (Å²) < 4.78 is 88.2. The minimum atomic E-state index is -4.94. The third-order valence-electron chi connectivity index (χ3n) is 7.96. The Morgan fingerprint density at radius 2 is 1.53 bits per heavy atom. The van der Waals surface area contributed by atoms with Crippen molar-refractivity contribution in [1.82, 2.24) is 9.78 Å². The van der Waals surface area contributed by atoms with Crippen molar-refractivity contribution in [2.24, 2.45) is 7.05 Å². The number of halogens is 7. The lowest BCUT2D eigenvalue weighted by molar-refractivity contribution is -0.143. The second-order valence-electron chi connectivity index (χ2n) is 11.2. The number of aromatic nitrogens is 2. The molecule has 0 amide bonds. The summed E-state index contributed by atoms with van der Waals surface area (Å²) in [5.74, 6) is 0.167. The number of unbranched alkanes of at least 4 members (excludes halogenated alkanes) is 1. The van der Waals surface area contributed by atoms with Gasteiger partial charge in [0.15, 0.2) is 5.82 Å². The van der Waals surface area contributed by atoms with Crippen molar-refractivity contribution in [1.29, 1.82) is 0 Å². The lowest BCUT2D eigenvalue weighted by atomic mass is 9.89. The minimum absolute atomic E-state index is 0. The molecule has 6 nitrogen and oxygen atoms in total. The number of carbonyl (C=O) groups excluding carboxylic acids is 1. The van der Waals surface area contributed by atoms with Gasteiger partial charge in [0.1, 0.15) is 0 Å². The summed E-state index contributed by atoms with van der Waals surface area (Å²) in [6.07, 6.45) is -2.51. The van der Waals surface area contributed by atoms with Gasteiger partial charge in [0, 0.05) is 57.6 Å². The number of ether oxygens (including phenoxy) is 1. The van der Waals surface area contributed by atoms with Gasteiger partial charge in [0.05, 0.1) is 18.2 Å². The zero-order valence-electron chi connectivity index (χ0n) is 25.6. The topological polar surface area (TPSA) is 50.6 Å². The summed E-state index contributed by atoms with van der Waals surface area (Å²) in [6, 6.07) is 7.70. The molecule has 0 aliphatic heterocycles. The Balaban J connectivity index is 0.00000552. The van der Waals surface area contributed by atoms with Crippen molar-refractivity contribution in [3.05, 3.63) is 76.0 Å². The molecule has 0 spiro atoms. The lowest BCUT2D eigenvalue weighted by Crippen LogP contribution is -2.29. The first-order valence-electron chi connectivity index (χ1n) is 14.8. The average Bonchev–Trinajstić information content (AvgIpc) is 3.41. The van der Waals surface area contributed by atoms with E-state index in [0.717, 1.165) is 55.5 Å². The van der Waals surface area contributed by atoms with Crippen LogP contribution in [-0.2, 0) is 54.9 Å². The lowest BCUT2D eigenvalue weighted by Gasteiger charge is -2.31. The van der Waals surface area contributed by atoms with Crippen LogP contribution in [-0.4, -0.2) is 35.9 Å². The molecule has 248 valence electrons. The monoisotopic (exact) mass is 660 g/mol. The van der Waals surface area contributed by atoms with Crippen molar-refractivity contribution < 1.29 is 35.9 Å². The normalized spacial score (nSPS) is 13.2. The molecule has 13 heteroatoms. The van der Waals surface area contributed by atoms with Crippen LogP contribution in [0.15, 0.2) is 42.6 Å². The Morgan fingerprint density at radius 3 is 2.07 bits per heavy atom. The summed E-state index contributed by atoms with van der Waals surface area (Å²) in [7, 11) is 3.06. The van der Waals surface area contributed by atoms with Crippen LogP contribution in [0, 0.1) is 0 Å². The number of hydrogen-bond acceptors (Lipinski definition) is 5. The third-order valence-corrected chi connectivity index (χ3v) is 7.96. The molecular weight excluding hydrogens is 622 g/mol. The number of nitrogens with zero attached hydrogens (tertiary/aromatic N) is 4. The number of methoxy groups -OCH3 is 1. The van der Waals surface area contributed by atoms with Crippen LogP contribution in [0.5, 0.6) is 0 Å². The van der Waals surface area contributed by atoms with Crippen molar-refractivity contribution in [3.8, 4) is 0 Å². The van der Waals surface area contributed by atoms with Gasteiger partial charge in [-0.15, -0.1) is 12.4 Å². The molecule has 0 unspecified atom stereocenters. The van der Waals surface area contributed by atoms with Gasteiger partial charge in [-0.05, 0) is 92.0 Å². The number of hydrogen-bond donors (Lipinski definition) is 0. The second kappa shape index (κ2) is 15.2. The van der Waals surface area contributed by atoms with E-state index in [4.69, 9.17) is 4.74 Å². The van der Waals surface area contributed by atoms with Crippen molar-refractivity contribution in [2.45, 2.75) is 77.3 Å². The predicted octanol–water partition coefficient (Wildman–Crippen LogP) is 8.13. The fraction of sp³-hybridized carbons (Fsp3) is 0.500. The van der Waals surface area contributed by atoms with Gasteiger partial charge >= 0.3 is 18.3 Å². The van der Waals surface area contributed by atoms with E-state index in [9.17, 15) is 31.1 Å². The molecule has 1 aliphatic rings. The number of alkyl halides is 6. The molecule has 1 aromatic heterocycles. The van der Waals surface area contributed by atoms with E-state index in [-0.39, 0.29) is 43.1 Å². The molecule has 1 aliphatic carbocycles. The van der Waals surface area contributed by atoms with Gasteiger partial charge < -0.3 is 14.5 Å². The quantitative estimate of drug-likeness (QED) is 0.112. The van der Waals surface area contributed by atoms with Gasteiger partial charge in [-0.3, -0.25) is 9.48 Å². The summed E-state index contributed by atoms with van der Waals surface area (Å²) in [5, 5.41) is 4.45. The van der Waals surface area contributed by atoms with Gasteiger partial charge in [-0.2, -0.15) is 31.4 Å². The van der Waals surface area contributed by atoms with E-state index in [1.54, 1.807) is 28.9 Å². The minimum Gasteiger partial charge on any atom is -0.469 e. The first kappa shape index (κ1) is 36.1. The molecule has 0 radical (unpaired) electrons. The van der Waals surface area contributed by atoms with E-state index >= 15 is 0 Å². The standard InChI is InChI=1S/C32H38F6N4O2.ClH/c1-4-41(13-8-7-11-30(43)44-3)28-18-24-10-6-5-9-23(24)17-25(28)21-42(29-12-14-40(2)39-29)20-22-15-26(31(33,34)35)19-27(16-22)32(36,37)38;/h12,14-19H,4-11,13,20-21H2,1-3H3;1H. The highest BCUT2D eigenvalue weighted by Crippen LogP contribution is 2.37. The maximum atomic E-state index is 13.7. The van der Waals surface area contributed by atoms with Crippen molar-refractivity contribution >= 4 is 29.9 Å². The average molecular weight is 661 g/mol. The Morgan fingerprint density at radius 1 is 0.911 bits per heavy atom. The van der Waals surface area contributed by atoms with Crippen LogP contribution in [0.1, 0.15) is 72.4 Å². The van der Waals surface area contributed by atoms with Gasteiger partial charge in [-0.25, -0.2) is 0 Å². The highest BCUT2D eigenvalue weighted by atomic mass is 35.5. The smallest absolute Gasteiger partial charge is 0.416 e. The zero-order chi connectivity index (χ0) is 32.1. The van der Waals surface area contributed by atoms with Gasteiger partial charge in [0.2, 0.25) is 0 Å². The zero-order valence-corrected chi connectivity index (χ0v) is 26.4. The largest absolute Gasteiger partial charge is 0.469 e. The number of anilines is 2. The summed E-state index contributed by atoms with van der Waals surface area (Å²) in [4.78, 5) is 15.5. The maximum absolute atomic E-state index is 13.7. The van der Waals surface area contributed by atoms with Crippen molar-refractivity contribution in [2.75, 3.05) is 30.0 Å². The van der Waals surface area contributed by atoms with E-state index in [1.165, 1.54) is 18.2 Å². The summed E-state index contributed by atoms with van der Waals surface area (Å²) >= 11 is 0. The van der Waals surface area contributed by atoms with Crippen LogP contribution < -0.4 is 9.80 Å². The maximum Gasteiger partial charge on any atom is 0.416 e. The van der Waals surface area contributed by atoms with Crippen LogP contribution in [0.25, 0.3) is 0 Å². The Hall–Kier alpha value is -3.41. The van der Waals surface area contributed by atoms with Crippen molar-refractivity contribution in [3.63, 3.8) is 0 Å². The summed E-state index contributed by atoms with van der Waals surface area (Å²) in [5.41, 5.74) is 1.52. The first-order chi connectivity index (χ1) is 20.8. The molecule has 0 saturated heterocycles. The molecule has 0 atom stereocenters. The molecule has 0 fully saturated rings. The SMILES string of the molecule is CCN(CCCCC(=O)OC)c1cc2c(cc1CN(Cc1cc(C(F)(F)F)cc(C(F)(F)F)c1)c1ccn(C)n1)CCCC2.Cl. The van der Waals surface area contributed by atoms with Crippen LogP contribution in [0.4, 0.5) is 37.8 Å². The fourth-order valence-corrected chi connectivity index (χ4v) is 5.69. The molecule has 0 saturated carbocycles. The fourth-order valence-electron chi connectivity index (χ4n) is 5.69. The number of rotatable bonds is 12. The number of benzene rings is 2. The molecule has 1 heterocycles. The van der Waals surface area contributed by atoms with E-state index in [0.29, 0.717) is 31.7 Å². The summed E-state index contributed by atoms with van der Waals surface area (Å²) in [6.45, 7) is 3.38. The van der Waals surface area contributed by atoms with E-state index in [1.807, 2.05) is 6.92 Å². The van der Waals surface area contributed by atoms with Crippen LogP contribution in [0.2, 0.25) is 0 Å². The van der Waals surface area contributed by atoms with Gasteiger partial charge in [-0.1, -0.05) is 6.07 Å². The highest BCUT2D eigenvalue weighted by molar-refractivity contribution is 5.85. The third kappa shape index (κ3) is 9.54. The highest BCUT2D eigenvalue weighted by Gasteiger charge is 2.37. The Kier molecular flexibility index (Phi) is 12.2. The molecular formula is C32H39ClF6N4O2. The molecule has 45 heavy (non-hydrogen) atoms. The molecule has 0 N–H and O–H groups in total. The first-order valence-corrected chi connectivity index (χ1v) is 14.8. The van der Waals surface area contributed by atoms with E-state index < -0.39 is 23.5 Å². The molecule has 3 aromatic rings. The van der Waals surface area contributed by atoms with Crippen LogP contribution in [0.3, 0.4) is 0 Å². The second-order valence-corrected chi connectivity index (χ2v) is 11.2. The number of aryl methyl sites for hydroxylation is 3. The van der Waals surface area contributed by atoms with Crippen LogP contribution >= 0.6 is 12.4 Å². The molecule has 0 bridgehead atoms. The Labute approximate surface area is 265 Å². The van der Waals surface area contributed by atoms with E-state index in [2.05, 4.69) is 22.1 Å². The Bertz CT molecular complexity index is 1410. The number of esters is 1.